The van der Waals surface area contributed by atoms with Crippen molar-refractivity contribution in [3.63, 3.8) is 0 Å². The highest BCUT2D eigenvalue weighted by Gasteiger charge is 2.07. The number of hydrogen-bond donors (Lipinski definition) is 3. The average molecular weight is 231 g/mol. The molecule has 92 valence electrons. The number of unbranched alkanes of at least 4 members (excludes halogenated alkanes) is 1. The monoisotopic (exact) mass is 231 g/mol. The number of nitrogens with zero attached hydrogens (tertiary/aromatic N) is 1. The Balaban J connectivity index is 3.58. The van der Waals surface area contributed by atoms with Crippen molar-refractivity contribution in [2.24, 2.45) is 0 Å². The molecule has 0 rings (SSSR count). The number of hydrogen-bond acceptors (Lipinski definition) is 4. The first-order chi connectivity index (χ1) is 7.41. The van der Waals surface area contributed by atoms with Crippen LogP contribution >= 0.6 is 0 Å². The molecule has 0 spiro atoms. The summed E-state index contributed by atoms with van der Waals surface area (Å²) in [6.45, 7) is 0. The number of nitrogens with one attached hydrogen (secondary N) is 2. The summed E-state index contributed by atoms with van der Waals surface area (Å²) in [5.74, 6) is -1.30. The highest BCUT2D eigenvalue weighted by molar-refractivity contribution is 5.93. The molecule has 7 heteroatoms. The summed E-state index contributed by atoms with van der Waals surface area (Å²) in [4.78, 5) is 32.3. The first-order valence-corrected chi connectivity index (χ1v) is 4.91. The molecule has 16 heavy (non-hydrogen) atoms. The number of aliphatic carboxylic acids is 1. The standard InChI is InChI=1S/C9H17N3O4/c1-12(2)11-9(16)10-7(13)5-3-4-6-8(14)15/h3-6H2,1-2H3,(H,14,15)(H2,10,11,13,16). The summed E-state index contributed by atoms with van der Waals surface area (Å²) in [5, 5.41) is 11.9. The first kappa shape index (κ1) is 14.4. The molecule has 0 aromatic carbocycles. The van der Waals surface area contributed by atoms with Gasteiger partial charge in [0.2, 0.25) is 5.91 Å². The van der Waals surface area contributed by atoms with Crippen LogP contribution in [-0.2, 0) is 9.59 Å². The average Bonchev–Trinajstić information content (AvgIpc) is 2.10. The second-order valence-electron chi connectivity index (χ2n) is 3.48. The van der Waals surface area contributed by atoms with E-state index in [0.717, 1.165) is 0 Å². The number of carboxylic acids is 1. The van der Waals surface area contributed by atoms with Gasteiger partial charge in [-0.1, -0.05) is 0 Å². The van der Waals surface area contributed by atoms with Gasteiger partial charge >= 0.3 is 12.0 Å². The minimum Gasteiger partial charge on any atom is -0.481 e. The third-order valence-electron chi connectivity index (χ3n) is 1.62. The van der Waals surface area contributed by atoms with Gasteiger partial charge in [-0.25, -0.2) is 9.80 Å². The Kier molecular flexibility index (Phi) is 6.86. The number of rotatable bonds is 6. The minimum absolute atomic E-state index is 0.0389. The van der Waals surface area contributed by atoms with Gasteiger partial charge in [0.25, 0.3) is 0 Å². The lowest BCUT2D eigenvalue weighted by Crippen LogP contribution is -2.45. The summed E-state index contributed by atoms with van der Waals surface area (Å²) >= 11 is 0. The Hall–Kier alpha value is -1.63. The molecule has 0 saturated heterocycles. The van der Waals surface area contributed by atoms with Crippen LogP contribution in [0.25, 0.3) is 0 Å². The second kappa shape index (κ2) is 7.63. The Morgan fingerprint density at radius 1 is 1.12 bits per heavy atom. The van der Waals surface area contributed by atoms with Crippen molar-refractivity contribution in [2.45, 2.75) is 25.7 Å². The van der Waals surface area contributed by atoms with E-state index < -0.39 is 17.9 Å². The molecule has 0 radical (unpaired) electrons. The third-order valence-corrected chi connectivity index (χ3v) is 1.62. The zero-order valence-electron chi connectivity index (χ0n) is 9.45. The van der Waals surface area contributed by atoms with E-state index in [-0.39, 0.29) is 12.8 Å². The normalized spacial score (nSPS) is 9.94. The van der Waals surface area contributed by atoms with Crippen LogP contribution in [0.4, 0.5) is 4.79 Å². The molecule has 3 amide bonds. The molecule has 0 bridgehead atoms. The van der Waals surface area contributed by atoms with Crippen LogP contribution in [0.15, 0.2) is 0 Å². The third kappa shape index (κ3) is 8.95. The lowest BCUT2D eigenvalue weighted by molar-refractivity contribution is -0.137. The maximum atomic E-state index is 11.1. The lowest BCUT2D eigenvalue weighted by Gasteiger charge is -2.11. The van der Waals surface area contributed by atoms with Crippen molar-refractivity contribution in [3.05, 3.63) is 0 Å². The van der Waals surface area contributed by atoms with E-state index >= 15 is 0 Å². The van der Waals surface area contributed by atoms with Crippen molar-refractivity contribution in [1.29, 1.82) is 0 Å². The predicted octanol–water partition coefficient (Wildman–Crippen LogP) is -0.0662. The van der Waals surface area contributed by atoms with Crippen LogP contribution in [0, 0.1) is 0 Å². The number of carboxylic acid groups (broad SMARTS) is 1. The zero-order valence-corrected chi connectivity index (χ0v) is 9.45. The highest BCUT2D eigenvalue weighted by atomic mass is 16.4. The van der Waals surface area contributed by atoms with E-state index in [4.69, 9.17) is 5.11 Å². The Morgan fingerprint density at radius 3 is 2.19 bits per heavy atom. The van der Waals surface area contributed by atoms with Crippen molar-refractivity contribution >= 4 is 17.9 Å². The van der Waals surface area contributed by atoms with Gasteiger partial charge in [-0.2, -0.15) is 0 Å². The molecule has 3 N–H and O–H groups in total. The summed E-state index contributed by atoms with van der Waals surface area (Å²) < 4.78 is 0. The van der Waals surface area contributed by atoms with E-state index in [1.165, 1.54) is 5.01 Å². The number of amides is 3. The van der Waals surface area contributed by atoms with Crippen LogP contribution in [-0.4, -0.2) is 42.1 Å². The van der Waals surface area contributed by atoms with E-state index in [1.54, 1.807) is 14.1 Å². The number of carbonyl (C=O) groups is 3. The maximum Gasteiger partial charge on any atom is 0.335 e. The van der Waals surface area contributed by atoms with Crippen LogP contribution in [0.2, 0.25) is 0 Å². The fourth-order valence-electron chi connectivity index (χ4n) is 0.982. The minimum atomic E-state index is -0.884. The summed E-state index contributed by atoms with van der Waals surface area (Å²) in [7, 11) is 3.24. The van der Waals surface area contributed by atoms with Crippen molar-refractivity contribution < 1.29 is 19.5 Å². The van der Waals surface area contributed by atoms with Gasteiger partial charge in [0, 0.05) is 26.9 Å². The van der Waals surface area contributed by atoms with Gasteiger partial charge in [0.15, 0.2) is 0 Å². The van der Waals surface area contributed by atoms with E-state index in [1.807, 2.05) is 0 Å². The number of hydrazine groups is 1. The molecule has 0 aliphatic carbocycles. The second-order valence-corrected chi connectivity index (χ2v) is 3.48. The van der Waals surface area contributed by atoms with Gasteiger partial charge in [-0.05, 0) is 12.8 Å². The molecular weight excluding hydrogens is 214 g/mol. The highest BCUT2D eigenvalue weighted by Crippen LogP contribution is 1.99. The van der Waals surface area contributed by atoms with Gasteiger partial charge in [-0.3, -0.25) is 20.3 Å². The van der Waals surface area contributed by atoms with Crippen LogP contribution in [0.1, 0.15) is 25.7 Å². The molecule has 0 aromatic heterocycles. The van der Waals surface area contributed by atoms with Gasteiger partial charge in [0.1, 0.15) is 0 Å². The maximum absolute atomic E-state index is 11.1. The van der Waals surface area contributed by atoms with Crippen molar-refractivity contribution in [3.8, 4) is 0 Å². The number of imide groups is 1. The summed E-state index contributed by atoms with van der Waals surface area (Å²) in [6, 6.07) is -0.590. The van der Waals surface area contributed by atoms with E-state index in [0.29, 0.717) is 12.8 Å². The Bertz CT molecular complexity index is 265. The molecule has 7 nitrogen and oxygen atoms in total. The smallest absolute Gasteiger partial charge is 0.335 e. The molecule has 0 heterocycles. The van der Waals surface area contributed by atoms with E-state index in [9.17, 15) is 14.4 Å². The molecule has 0 saturated carbocycles. The zero-order chi connectivity index (χ0) is 12.6. The Labute approximate surface area is 93.8 Å². The topological polar surface area (TPSA) is 98.7 Å². The molecular formula is C9H17N3O4. The van der Waals surface area contributed by atoms with Gasteiger partial charge in [0.05, 0.1) is 0 Å². The molecule has 0 atom stereocenters. The quantitative estimate of drug-likeness (QED) is 0.439. The fraction of sp³-hybridized carbons (Fsp3) is 0.667. The molecule has 0 aromatic rings. The molecule has 0 aliphatic heterocycles. The number of carbonyl (C=O) groups excluding carboxylic acids is 2. The molecule has 0 fully saturated rings. The van der Waals surface area contributed by atoms with Crippen LogP contribution in [0.5, 0.6) is 0 Å². The first-order valence-electron chi connectivity index (χ1n) is 4.91. The summed E-state index contributed by atoms with van der Waals surface area (Å²) in [5.41, 5.74) is 2.35. The Morgan fingerprint density at radius 2 is 1.69 bits per heavy atom. The van der Waals surface area contributed by atoms with Crippen molar-refractivity contribution in [2.75, 3.05) is 14.1 Å². The van der Waals surface area contributed by atoms with Gasteiger partial charge in [-0.15, -0.1) is 0 Å². The van der Waals surface area contributed by atoms with E-state index in [2.05, 4.69) is 10.7 Å². The summed E-state index contributed by atoms with van der Waals surface area (Å²) in [6.07, 6.45) is 1.07. The lowest BCUT2D eigenvalue weighted by atomic mass is 10.2. The van der Waals surface area contributed by atoms with Crippen LogP contribution in [0.3, 0.4) is 0 Å². The van der Waals surface area contributed by atoms with Crippen LogP contribution < -0.4 is 10.7 Å². The fourth-order valence-corrected chi connectivity index (χ4v) is 0.982. The predicted molar refractivity (Wildman–Crippen MR) is 56.5 cm³/mol. The SMILES string of the molecule is CN(C)NC(=O)NC(=O)CCCCC(=O)O. The largest absolute Gasteiger partial charge is 0.481 e. The van der Waals surface area contributed by atoms with Crippen molar-refractivity contribution in [1.82, 2.24) is 15.8 Å². The molecule has 0 unspecified atom stereocenters. The van der Waals surface area contributed by atoms with Gasteiger partial charge < -0.3 is 5.11 Å². The molecule has 0 aliphatic rings. The number of urea groups is 1.